The molecule has 0 spiro atoms. The third kappa shape index (κ3) is 7.84. The number of oxime groups is 2. The van der Waals surface area contributed by atoms with Crippen molar-refractivity contribution in [3.05, 3.63) is 11.6 Å². The van der Waals surface area contributed by atoms with Gasteiger partial charge in [-0.1, -0.05) is 48.9 Å². The molecule has 3 N–H and O–H groups in total. The molecule has 30 heavy (non-hydrogen) atoms. The topological polar surface area (TPSA) is 163 Å². The number of aromatic amines is 1. The van der Waals surface area contributed by atoms with Crippen LogP contribution >= 0.6 is 0 Å². The zero-order valence-corrected chi connectivity index (χ0v) is 17.7. The Morgan fingerprint density at radius 3 is 2.10 bits per heavy atom. The summed E-state index contributed by atoms with van der Waals surface area (Å²) >= 11 is 0. The van der Waals surface area contributed by atoms with Crippen molar-refractivity contribution in [1.29, 1.82) is 0 Å². The highest BCUT2D eigenvalue weighted by Crippen LogP contribution is 2.25. The summed E-state index contributed by atoms with van der Waals surface area (Å²) in [6.45, 7) is 3.57. The number of nitrogens with zero attached hydrogens (tertiary/aromatic N) is 9. The summed E-state index contributed by atoms with van der Waals surface area (Å²) in [5.74, 6) is 2.76. The van der Waals surface area contributed by atoms with Crippen molar-refractivity contribution in [2.75, 3.05) is 0 Å². The second-order valence-corrected chi connectivity index (χ2v) is 7.55. The van der Waals surface area contributed by atoms with Crippen LogP contribution in [0.2, 0.25) is 0 Å². The van der Waals surface area contributed by atoms with Gasteiger partial charge < -0.3 is 10.4 Å². The molecule has 0 unspecified atom stereocenters. The number of aromatic nitrogens is 8. The first kappa shape index (κ1) is 23.4. The van der Waals surface area contributed by atoms with E-state index in [-0.39, 0.29) is 5.92 Å². The van der Waals surface area contributed by atoms with Crippen LogP contribution in [0.1, 0.15) is 75.9 Å². The molecular formula is C18H32N10O2. The lowest BCUT2D eigenvalue weighted by atomic mass is 9.88. The summed E-state index contributed by atoms with van der Waals surface area (Å²) < 4.78 is 1.52. The van der Waals surface area contributed by atoms with Gasteiger partial charge in [0.05, 0.1) is 0 Å². The normalized spacial score (nSPS) is 18.4. The van der Waals surface area contributed by atoms with Gasteiger partial charge in [0.1, 0.15) is 0 Å². The van der Waals surface area contributed by atoms with E-state index in [1.165, 1.54) is 56.0 Å². The van der Waals surface area contributed by atoms with Crippen molar-refractivity contribution in [3.63, 3.8) is 0 Å². The van der Waals surface area contributed by atoms with E-state index in [9.17, 15) is 0 Å². The van der Waals surface area contributed by atoms with Crippen molar-refractivity contribution in [3.8, 4) is 0 Å². The van der Waals surface area contributed by atoms with Gasteiger partial charge in [0.2, 0.25) is 0 Å². The predicted molar refractivity (Wildman–Crippen MR) is 110 cm³/mol. The molecule has 166 valence electrons. The Morgan fingerprint density at radius 2 is 1.67 bits per heavy atom. The van der Waals surface area contributed by atoms with Crippen LogP contribution in [0.4, 0.5) is 0 Å². The van der Waals surface area contributed by atoms with E-state index in [1.54, 1.807) is 20.1 Å². The SMILES string of the molecule is Cc1nn[nH]n1.Cc1nnnn1/C(=N/O)C1CCCCC1.O/N=C\C1CCCCC1. The van der Waals surface area contributed by atoms with E-state index in [4.69, 9.17) is 10.4 Å². The van der Waals surface area contributed by atoms with Crippen molar-refractivity contribution >= 4 is 12.1 Å². The van der Waals surface area contributed by atoms with Gasteiger partial charge in [0.15, 0.2) is 17.5 Å². The Bertz CT molecular complexity index is 747. The third-order valence-electron chi connectivity index (χ3n) is 5.29. The van der Waals surface area contributed by atoms with Crippen LogP contribution in [0.15, 0.2) is 10.3 Å². The van der Waals surface area contributed by atoms with Gasteiger partial charge >= 0.3 is 0 Å². The Hall–Kier alpha value is -2.92. The van der Waals surface area contributed by atoms with E-state index in [1.807, 2.05) is 0 Å². The summed E-state index contributed by atoms with van der Waals surface area (Å²) in [7, 11) is 0. The van der Waals surface area contributed by atoms with E-state index in [0.29, 0.717) is 23.4 Å². The predicted octanol–water partition coefficient (Wildman–Crippen LogP) is 2.73. The maximum absolute atomic E-state index is 9.05. The fraction of sp³-hybridized carbons (Fsp3) is 0.778. The molecule has 12 heteroatoms. The van der Waals surface area contributed by atoms with Crippen LogP contribution in [-0.4, -0.2) is 63.3 Å². The molecule has 2 aliphatic carbocycles. The monoisotopic (exact) mass is 420 g/mol. The summed E-state index contributed by atoms with van der Waals surface area (Å²) in [5, 5.41) is 47.5. The van der Waals surface area contributed by atoms with Gasteiger partial charge in [-0.05, 0) is 55.9 Å². The van der Waals surface area contributed by atoms with Gasteiger partial charge in [-0.25, -0.2) is 0 Å². The molecule has 0 saturated heterocycles. The number of hydrogen-bond donors (Lipinski definition) is 3. The number of tetrazole rings is 2. The van der Waals surface area contributed by atoms with Gasteiger partial charge in [-0.15, -0.1) is 20.5 Å². The first-order valence-electron chi connectivity index (χ1n) is 10.5. The molecule has 2 saturated carbocycles. The minimum Gasteiger partial charge on any atom is -0.411 e. The fourth-order valence-electron chi connectivity index (χ4n) is 3.69. The zero-order chi connectivity index (χ0) is 21.6. The van der Waals surface area contributed by atoms with Crippen molar-refractivity contribution < 1.29 is 10.4 Å². The molecule has 0 radical (unpaired) electrons. The number of aryl methyl sites for hydroxylation is 2. The summed E-state index contributed by atoms with van der Waals surface area (Å²) in [6.07, 6.45) is 13.8. The molecule has 2 fully saturated rings. The van der Waals surface area contributed by atoms with Crippen LogP contribution in [0.3, 0.4) is 0 Å². The maximum Gasteiger partial charge on any atom is 0.175 e. The third-order valence-corrected chi connectivity index (χ3v) is 5.29. The second kappa shape index (κ2) is 13.3. The highest BCUT2D eigenvalue weighted by atomic mass is 16.4. The minimum atomic E-state index is 0.283. The Balaban J connectivity index is 0.000000180. The Kier molecular flexibility index (Phi) is 10.4. The fourth-order valence-corrected chi connectivity index (χ4v) is 3.69. The number of nitrogens with one attached hydrogen (secondary N) is 1. The summed E-state index contributed by atoms with van der Waals surface area (Å²) in [4.78, 5) is 0. The van der Waals surface area contributed by atoms with Crippen molar-refractivity contribution in [1.82, 2.24) is 40.8 Å². The first-order valence-corrected chi connectivity index (χ1v) is 10.5. The molecule has 0 aromatic carbocycles. The molecule has 12 nitrogen and oxygen atoms in total. The molecule has 2 aliphatic rings. The molecule has 0 bridgehead atoms. The summed E-state index contributed by atoms with van der Waals surface area (Å²) in [5.41, 5.74) is 0. The smallest absolute Gasteiger partial charge is 0.175 e. The quantitative estimate of drug-likeness (QED) is 0.289. The number of H-pyrrole nitrogens is 1. The maximum atomic E-state index is 9.05. The highest BCUT2D eigenvalue weighted by molar-refractivity contribution is 5.85. The van der Waals surface area contributed by atoms with Crippen LogP contribution < -0.4 is 0 Å². The van der Waals surface area contributed by atoms with Gasteiger partial charge in [-0.2, -0.15) is 9.90 Å². The van der Waals surface area contributed by atoms with E-state index >= 15 is 0 Å². The Labute approximate surface area is 175 Å². The van der Waals surface area contributed by atoms with Crippen LogP contribution in [0.5, 0.6) is 0 Å². The number of rotatable bonds is 2. The molecule has 2 aromatic heterocycles. The van der Waals surface area contributed by atoms with E-state index < -0.39 is 0 Å². The van der Waals surface area contributed by atoms with Gasteiger partial charge in [0, 0.05) is 12.1 Å². The standard InChI is InChI=1S/C9H15N5O.C7H13NO.C2H4N4/c1-7-10-12-13-14(7)9(11-15)8-5-3-2-4-6-8;9-8-6-7-4-2-1-3-5-7;1-2-3-5-6-4-2/h8,15H,2-6H2,1H3;6-7,9H,1-5H2;1H3,(H,3,4,5,6)/b11-9+;8-6-;. The molecule has 0 amide bonds. The van der Waals surface area contributed by atoms with E-state index in [0.717, 1.165) is 12.8 Å². The molecule has 2 aromatic rings. The molecule has 0 atom stereocenters. The Morgan fingerprint density at radius 1 is 1.00 bits per heavy atom. The second-order valence-electron chi connectivity index (χ2n) is 7.55. The average molecular weight is 421 g/mol. The molecular weight excluding hydrogens is 388 g/mol. The van der Waals surface area contributed by atoms with Crippen molar-refractivity contribution in [2.24, 2.45) is 22.1 Å². The lowest BCUT2D eigenvalue weighted by Gasteiger charge is -2.21. The largest absolute Gasteiger partial charge is 0.411 e. The first-order chi connectivity index (χ1) is 14.7. The highest BCUT2D eigenvalue weighted by Gasteiger charge is 2.23. The number of hydrogen-bond acceptors (Lipinski definition) is 10. The van der Waals surface area contributed by atoms with Crippen LogP contribution in [0, 0.1) is 25.7 Å². The lowest BCUT2D eigenvalue weighted by molar-refractivity contribution is 0.304. The molecule has 2 heterocycles. The van der Waals surface area contributed by atoms with Crippen LogP contribution in [-0.2, 0) is 0 Å². The molecule has 4 rings (SSSR count). The lowest BCUT2D eigenvalue weighted by Crippen LogP contribution is -2.27. The van der Waals surface area contributed by atoms with Gasteiger partial charge in [0.25, 0.3) is 0 Å². The molecule has 0 aliphatic heterocycles. The van der Waals surface area contributed by atoms with E-state index in [2.05, 4.69) is 46.5 Å². The van der Waals surface area contributed by atoms with Crippen LogP contribution in [0.25, 0.3) is 0 Å². The average Bonchev–Trinajstić information content (AvgIpc) is 3.43. The van der Waals surface area contributed by atoms with Gasteiger partial charge in [-0.3, -0.25) is 0 Å². The van der Waals surface area contributed by atoms with Crippen molar-refractivity contribution in [2.45, 2.75) is 78.1 Å². The zero-order valence-electron chi connectivity index (χ0n) is 17.7. The minimum absolute atomic E-state index is 0.283. The summed E-state index contributed by atoms with van der Waals surface area (Å²) in [6, 6.07) is 0.